The Kier molecular flexibility index (Phi) is 6.06. The van der Waals surface area contributed by atoms with Gasteiger partial charge in [-0.3, -0.25) is 9.59 Å². The number of hydrogen-bond acceptors (Lipinski definition) is 7. The van der Waals surface area contributed by atoms with Gasteiger partial charge in [-0.25, -0.2) is 15.0 Å². The van der Waals surface area contributed by atoms with E-state index in [0.717, 1.165) is 10.9 Å². The first-order valence-electron chi connectivity index (χ1n) is 10.6. The number of benzene rings is 1. The van der Waals surface area contributed by atoms with Gasteiger partial charge in [0, 0.05) is 34.6 Å². The zero-order chi connectivity index (χ0) is 23.7. The minimum atomic E-state index is -0.394. The molecule has 5 rings (SSSR count). The highest BCUT2D eigenvalue weighted by atomic mass is 35.5. The number of ether oxygens (including phenoxy) is 1. The van der Waals surface area contributed by atoms with Crippen LogP contribution in [-0.4, -0.2) is 49.5 Å². The number of nitrogens with zero attached hydrogens (tertiary/aromatic N) is 4. The number of hydrogen-bond donors (Lipinski definition) is 2. The van der Waals surface area contributed by atoms with Gasteiger partial charge in [0.25, 0.3) is 0 Å². The first-order chi connectivity index (χ1) is 16.5. The lowest BCUT2D eigenvalue weighted by molar-refractivity contribution is -0.172. The third-order valence-electron chi connectivity index (χ3n) is 5.62. The van der Waals surface area contributed by atoms with Crippen LogP contribution in [0.1, 0.15) is 28.0 Å². The summed E-state index contributed by atoms with van der Waals surface area (Å²) < 4.78 is 7.37. The van der Waals surface area contributed by atoms with E-state index in [4.69, 9.17) is 16.3 Å². The van der Waals surface area contributed by atoms with Crippen LogP contribution in [0.5, 0.6) is 0 Å². The molecular weight excluding hydrogens is 458 g/mol. The summed E-state index contributed by atoms with van der Waals surface area (Å²) in [6.45, 7) is 0.488. The molecule has 2 unspecified atom stereocenters. The molecule has 3 aromatic heterocycles. The van der Waals surface area contributed by atoms with Gasteiger partial charge in [0.1, 0.15) is 17.7 Å². The highest BCUT2D eigenvalue weighted by Crippen LogP contribution is 2.33. The molecule has 2 atom stereocenters. The zero-order valence-corrected chi connectivity index (χ0v) is 18.6. The fraction of sp³-hybridized carbons (Fsp3) is 0.208. The van der Waals surface area contributed by atoms with Crippen LogP contribution in [0.4, 0.5) is 5.82 Å². The van der Waals surface area contributed by atoms with E-state index in [9.17, 15) is 14.7 Å². The lowest BCUT2D eigenvalue weighted by Gasteiger charge is -2.36. The van der Waals surface area contributed by atoms with Crippen molar-refractivity contribution in [3.05, 3.63) is 83.0 Å². The van der Waals surface area contributed by atoms with E-state index in [2.05, 4.69) is 20.3 Å². The molecule has 4 aromatic rings. The molecule has 1 aromatic carbocycles. The maximum absolute atomic E-state index is 13.0. The normalized spacial score (nSPS) is 17.4. The van der Waals surface area contributed by atoms with E-state index in [0.29, 0.717) is 28.7 Å². The molecule has 0 aliphatic carbocycles. The van der Waals surface area contributed by atoms with Gasteiger partial charge in [0.05, 0.1) is 25.6 Å². The average Bonchev–Trinajstić information content (AvgIpc) is 3.23. The molecule has 34 heavy (non-hydrogen) atoms. The molecular formula is C24H20ClN5O4. The molecule has 1 aliphatic rings. The van der Waals surface area contributed by atoms with E-state index < -0.39 is 5.78 Å². The van der Waals surface area contributed by atoms with Crippen LogP contribution in [-0.2, 0) is 16.0 Å². The van der Waals surface area contributed by atoms with Crippen molar-refractivity contribution in [2.24, 2.45) is 5.92 Å². The van der Waals surface area contributed by atoms with Crippen molar-refractivity contribution in [2.45, 2.75) is 12.6 Å². The van der Waals surface area contributed by atoms with Crippen LogP contribution >= 0.6 is 11.6 Å². The molecule has 1 fully saturated rings. The SMILES string of the molecule is O=C(Cc1ccc(Cl)cc1)Nc1ccc(C(=O)c2ncc3ccn(C4OCC4CO)c3n2)cn1. The minimum Gasteiger partial charge on any atom is -0.396 e. The monoisotopic (exact) mass is 477 g/mol. The molecule has 1 saturated heterocycles. The molecule has 0 spiro atoms. The maximum atomic E-state index is 13.0. The lowest BCUT2D eigenvalue weighted by Crippen LogP contribution is -2.38. The highest BCUT2D eigenvalue weighted by Gasteiger charge is 2.34. The summed E-state index contributed by atoms with van der Waals surface area (Å²) in [5.74, 6) is -0.291. The van der Waals surface area contributed by atoms with Crippen molar-refractivity contribution in [1.82, 2.24) is 19.5 Å². The molecule has 10 heteroatoms. The molecule has 172 valence electrons. The number of fused-ring (bicyclic) bond motifs is 1. The molecule has 4 heterocycles. The van der Waals surface area contributed by atoms with E-state index in [1.54, 1.807) is 47.2 Å². The smallest absolute Gasteiger partial charge is 0.231 e. The molecule has 1 amide bonds. The molecule has 2 N–H and O–H groups in total. The second-order valence-electron chi connectivity index (χ2n) is 7.97. The van der Waals surface area contributed by atoms with Gasteiger partial charge in [-0.05, 0) is 35.9 Å². The van der Waals surface area contributed by atoms with Crippen molar-refractivity contribution in [3.8, 4) is 0 Å². The highest BCUT2D eigenvalue weighted by molar-refractivity contribution is 6.30. The van der Waals surface area contributed by atoms with Gasteiger partial charge in [-0.2, -0.15) is 0 Å². The third-order valence-corrected chi connectivity index (χ3v) is 5.87. The Morgan fingerprint density at radius 3 is 2.62 bits per heavy atom. The quantitative estimate of drug-likeness (QED) is 0.392. The Bertz CT molecular complexity index is 1350. The summed E-state index contributed by atoms with van der Waals surface area (Å²) in [7, 11) is 0. The average molecular weight is 478 g/mol. The van der Waals surface area contributed by atoms with Gasteiger partial charge in [0.15, 0.2) is 0 Å². The Balaban J connectivity index is 1.29. The molecule has 0 saturated carbocycles. The number of nitrogens with one attached hydrogen (secondary N) is 1. The van der Waals surface area contributed by atoms with Crippen molar-refractivity contribution in [2.75, 3.05) is 18.5 Å². The number of halogens is 1. The molecule has 1 aliphatic heterocycles. The van der Waals surface area contributed by atoms with Crippen LogP contribution in [0.2, 0.25) is 5.02 Å². The van der Waals surface area contributed by atoms with Crippen molar-refractivity contribution in [3.63, 3.8) is 0 Å². The Morgan fingerprint density at radius 2 is 1.94 bits per heavy atom. The predicted molar refractivity (Wildman–Crippen MR) is 125 cm³/mol. The van der Waals surface area contributed by atoms with Gasteiger partial charge in [0.2, 0.25) is 17.5 Å². The van der Waals surface area contributed by atoms with E-state index in [1.807, 2.05) is 12.3 Å². The second-order valence-corrected chi connectivity index (χ2v) is 8.41. The lowest BCUT2D eigenvalue weighted by atomic mass is 10.1. The second kappa shape index (κ2) is 9.30. The molecule has 9 nitrogen and oxygen atoms in total. The van der Waals surface area contributed by atoms with E-state index >= 15 is 0 Å². The van der Waals surface area contributed by atoms with Crippen LogP contribution in [0.25, 0.3) is 11.0 Å². The fourth-order valence-corrected chi connectivity index (χ4v) is 3.85. The largest absolute Gasteiger partial charge is 0.396 e. The summed E-state index contributed by atoms with van der Waals surface area (Å²) in [5.41, 5.74) is 1.67. The number of amides is 1. The number of rotatable bonds is 7. The fourth-order valence-electron chi connectivity index (χ4n) is 3.73. The zero-order valence-electron chi connectivity index (χ0n) is 17.9. The Hall–Kier alpha value is -3.66. The van der Waals surface area contributed by atoms with Crippen molar-refractivity contribution < 1.29 is 19.4 Å². The van der Waals surface area contributed by atoms with Gasteiger partial charge >= 0.3 is 0 Å². The number of anilines is 1. The Morgan fingerprint density at radius 1 is 1.12 bits per heavy atom. The van der Waals surface area contributed by atoms with Crippen LogP contribution < -0.4 is 5.32 Å². The van der Waals surface area contributed by atoms with E-state index in [1.165, 1.54) is 6.20 Å². The summed E-state index contributed by atoms with van der Waals surface area (Å²) in [6.07, 6.45) is 4.62. The summed E-state index contributed by atoms with van der Waals surface area (Å²) in [6, 6.07) is 12.0. The maximum Gasteiger partial charge on any atom is 0.231 e. The first kappa shape index (κ1) is 22.1. The van der Waals surface area contributed by atoms with Gasteiger partial charge in [-0.15, -0.1) is 0 Å². The topological polar surface area (TPSA) is 119 Å². The number of ketones is 1. The van der Waals surface area contributed by atoms with E-state index in [-0.39, 0.29) is 36.9 Å². The van der Waals surface area contributed by atoms with Crippen LogP contribution in [0.15, 0.2) is 61.1 Å². The first-order valence-corrected chi connectivity index (χ1v) is 11.0. The Labute approximate surface area is 199 Å². The van der Waals surface area contributed by atoms with Crippen molar-refractivity contribution in [1.29, 1.82) is 0 Å². The van der Waals surface area contributed by atoms with Crippen molar-refractivity contribution >= 4 is 40.1 Å². The summed E-state index contributed by atoms with van der Waals surface area (Å²) in [4.78, 5) is 38.0. The predicted octanol–water partition coefficient (Wildman–Crippen LogP) is 3.03. The van der Waals surface area contributed by atoms with Crippen LogP contribution in [0, 0.1) is 5.92 Å². The number of aliphatic hydroxyl groups is 1. The third kappa shape index (κ3) is 4.41. The number of aliphatic hydroxyl groups excluding tert-OH is 1. The summed E-state index contributed by atoms with van der Waals surface area (Å²) >= 11 is 5.87. The number of pyridine rings is 1. The van der Waals surface area contributed by atoms with Gasteiger partial charge < -0.3 is 19.7 Å². The molecule has 0 radical (unpaired) electrons. The standard InChI is InChI=1S/C24H20ClN5O4/c25-18-4-1-14(2-5-18)9-20(32)28-19-6-3-15(10-26-19)21(33)22-27-11-16-7-8-30(23(16)29-22)24-17(12-31)13-34-24/h1-8,10-11,17,24,31H,9,12-13H2,(H,26,28,32). The molecule has 0 bridgehead atoms. The number of carbonyl (C=O) groups excluding carboxylic acids is 2. The minimum absolute atomic E-state index is 0.00939. The number of carbonyl (C=O) groups is 2. The summed E-state index contributed by atoms with van der Waals surface area (Å²) in [5, 5.41) is 13.5. The van der Waals surface area contributed by atoms with Gasteiger partial charge in [-0.1, -0.05) is 23.7 Å². The number of aromatic nitrogens is 4. The van der Waals surface area contributed by atoms with Crippen LogP contribution in [0.3, 0.4) is 0 Å².